The number of carbonyl (C=O) groups is 3. The number of aryl methyl sites for hydroxylation is 1. The van der Waals surface area contributed by atoms with Gasteiger partial charge in [0.1, 0.15) is 5.76 Å². The fraction of sp³-hybridized carbons (Fsp3) is 0.571. The molecule has 0 saturated heterocycles. The Kier molecular flexibility index (Phi) is 6.11. The van der Waals surface area contributed by atoms with E-state index in [2.05, 4.69) is 10.5 Å². The van der Waals surface area contributed by atoms with E-state index in [-0.39, 0.29) is 24.5 Å². The highest BCUT2D eigenvalue weighted by Gasteiger charge is 2.51. The van der Waals surface area contributed by atoms with Gasteiger partial charge >= 0.3 is 11.9 Å². The van der Waals surface area contributed by atoms with Gasteiger partial charge in [0, 0.05) is 13.3 Å². The monoisotopic (exact) mass is 328 g/mol. The van der Waals surface area contributed by atoms with Crippen LogP contribution in [0.25, 0.3) is 0 Å². The van der Waals surface area contributed by atoms with Gasteiger partial charge in [0.15, 0.2) is 0 Å². The summed E-state index contributed by atoms with van der Waals surface area (Å²) in [7, 11) is 0. The molecule has 0 saturated carbocycles. The number of aromatic nitrogens is 1. The zero-order valence-corrected chi connectivity index (χ0v) is 13.5. The van der Waals surface area contributed by atoms with Gasteiger partial charge in [0.2, 0.25) is 11.4 Å². The Morgan fingerprint density at radius 1 is 1.17 bits per heavy atom. The number of H-pyrrole nitrogens is 1. The molecule has 0 unspecified atom stereocenters. The molecule has 1 rings (SSSR count). The maximum absolute atomic E-state index is 12.4. The SMILES string of the molecule is CCOC(=O)C(Cc1c(C)o[nH]c1=O)(NC(C)=O)C(=O)OCC. The van der Waals surface area contributed by atoms with Crippen molar-refractivity contribution in [2.24, 2.45) is 0 Å². The number of hydrogen-bond acceptors (Lipinski definition) is 7. The van der Waals surface area contributed by atoms with Crippen molar-refractivity contribution in [3.8, 4) is 0 Å². The Balaban J connectivity index is 3.41. The van der Waals surface area contributed by atoms with Crippen molar-refractivity contribution in [2.45, 2.75) is 39.7 Å². The molecule has 9 nitrogen and oxygen atoms in total. The van der Waals surface area contributed by atoms with Gasteiger partial charge < -0.3 is 19.3 Å². The van der Waals surface area contributed by atoms with Crippen molar-refractivity contribution >= 4 is 17.8 Å². The maximum atomic E-state index is 12.4. The summed E-state index contributed by atoms with van der Waals surface area (Å²) in [6, 6.07) is 0. The molecule has 0 aliphatic heterocycles. The average molecular weight is 328 g/mol. The van der Waals surface area contributed by atoms with E-state index < -0.39 is 35.4 Å². The van der Waals surface area contributed by atoms with Gasteiger partial charge in [-0.15, -0.1) is 0 Å². The van der Waals surface area contributed by atoms with Crippen LogP contribution in [0, 0.1) is 6.92 Å². The Morgan fingerprint density at radius 2 is 1.70 bits per heavy atom. The molecule has 0 radical (unpaired) electrons. The van der Waals surface area contributed by atoms with E-state index in [0.717, 1.165) is 6.92 Å². The lowest BCUT2D eigenvalue weighted by Gasteiger charge is -2.29. The lowest BCUT2D eigenvalue weighted by atomic mass is 9.90. The van der Waals surface area contributed by atoms with E-state index in [0.29, 0.717) is 0 Å². The lowest BCUT2D eigenvalue weighted by molar-refractivity contribution is -0.168. The fourth-order valence-electron chi connectivity index (χ4n) is 2.06. The van der Waals surface area contributed by atoms with Crippen LogP contribution in [-0.4, -0.2) is 41.8 Å². The van der Waals surface area contributed by atoms with Gasteiger partial charge in [-0.2, -0.15) is 5.16 Å². The Bertz CT molecular complexity index is 626. The highest BCUT2D eigenvalue weighted by Crippen LogP contribution is 2.19. The molecule has 23 heavy (non-hydrogen) atoms. The summed E-state index contributed by atoms with van der Waals surface area (Å²) in [6.07, 6.45) is -0.443. The molecule has 1 aromatic heterocycles. The minimum Gasteiger partial charge on any atom is -0.464 e. The minimum absolute atomic E-state index is 0.0136. The van der Waals surface area contributed by atoms with E-state index in [1.54, 1.807) is 13.8 Å². The molecule has 2 N–H and O–H groups in total. The average Bonchev–Trinajstić information content (AvgIpc) is 2.78. The Hall–Kier alpha value is -2.58. The molecule has 0 spiro atoms. The van der Waals surface area contributed by atoms with Crippen LogP contribution < -0.4 is 10.9 Å². The molecule has 0 atom stereocenters. The summed E-state index contributed by atoms with van der Waals surface area (Å²) in [5.41, 5.74) is -2.72. The summed E-state index contributed by atoms with van der Waals surface area (Å²) in [5, 5.41) is 4.38. The molecule has 1 heterocycles. The second-order valence-electron chi connectivity index (χ2n) is 4.77. The largest absolute Gasteiger partial charge is 0.464 e. The summed E-state index contributed by atoms with van der Waals surface area (Å²) >= 11 is 0. The van der Waals surface area contributed by atoms with Crippen molar-refractivity contribution < 1.29 is 28.4 Å². The number of amides is 1. The Morgan fingerprint density at radius 3 is 2.04 bits per heavy atom. The molecule has 0 aliphatic carbocycles. The molecule has 1 aromatic rings. The van der Waals surface area contributed by atoms with E-state index in [1.807, 2.05) is 0 Å². The van der Waals surface area contributed by atoms with Crippen LogP contribution in [0.15, 0.2) is 9.32 Å². The number of aromatic amines is 1. The molecule has 128 valence electrons. The van der Waals surface area contributed by atoms with E-state index in [1.165, 1.54) is 6.92 Å². The third kappa shape index (κ3) is 3.99. The smallest absolute Gasteiger partial charge is 0.344 e. The summed E-state index contributed by atoms with van der Waals surface area (Å²) in [4.78, 5) is 48.1. The molecule has 0 fully saturated rings. The van der Waals surface area contributed by atoms with E-state index in [9.17, 15) is 19.2 Å². The summed E-state index contributed by atoms with van der Waals surface area (Å²) in [6.45, 7) is 5.71. The van der Waals surface area contributed by atoms with Gasteiger partial charge in [0.05, 0.1) is 18.8 Å². The molecule has 0 bridgehead atoms. The van der Waals surface area contributed by atoms with E-state index >= 15 is 0 Å². The van der Waals surface area contributed by atoms with Crippen molar-refractivity contribution in [3.63, 3.8) is 0 Å². The maximum Gasteiger partial charge on any atom is 0.344 e. The first-order chi connectivity index (χ1) is 10.8. The first-order valence-corrected chi connectivity index (χ1v) is 7.08. The van der Waals surface area contributed by atoms with Gasteiger partial charge in [-0.3, -0.25) is 9.59 Å². The molecule has 0 aromatic carbocycles. The topological polar surface area (TPSA) is 128 Å². The van der Waals surface area contributed by atoms with Crippen LogP contribution in [0.4, 0.5) is 0 Å². The quantitative estimate of drug-likeness (QED) is 0.525. The number of nitrogens with one attached hydrogen (secondary N) is 2. The molecule has 9 heteroatoms. The number of carbonyl (C=O) groups excluding carboxylic acids is 3. The van der Waals surface area contributed by atoms with Crippen LogP contribution in [0.5, 0.6) is 0 Å². The third-order valence-electron chi connectivity index (χ3n) is 3.08. The predicted octanol–water partition coefficient (Wildman–Crippen LogP) is -0.180. The zero-order valence-electron chi connectivity index (χ0n) is 13.5. The second-order valence-corrected chi connectivity index (χ2v) is 4.77. The predicted molar refractivity (Wildman–Crippen MR) is 77.6 cm³/mol. The first-order valence-electron chi connectivity index (χ1n) is 7.08. The van der Waals surface area contributed by atoms with E-state index in [4.69, 9.17) is 14.0 Å². The highest BCUT2D eigenvalue weighted by molar-refractivity contribution is 6.08. The molecular formula is C14H20N2O7. The lowest BCUT2D eigenvalue weighted by Crippen LogP contribution is -2.63. The van der Waals surface area contributed by atoms with Gasteiger partial charge in [0.25, 0.3) is 5.56 Å². The standard InChI is InChI=1S/C14H20N2O7/c1-5-21-12(19)14(15-9(4)17,13(20)22-6-2)7-10-8(3)23-16-11(10)18/h5-7H2,1-4H3,(H,15,17)(H,16,18). The summed E-state index contributed by atoms with van der Waals surface area (Å²) in [5.74, 6) is -2.47. The highest BCUT2D eigenvalue weighted by atomic mass is 16.6. The Labute approximate surface area is 132 Å². The van der Waals surface area contributed by atoms with Crippen LogP contribution in [0.1, 0.15) is 32.1 Å². The normalized spacial score (nSPS) is 11.0. The number of ether oxygens (including phenoxy) is 2. The minimum atomic E-state index is -2.15. The summed E-state index contributed by atoms with van der Waals surface area (Å²) < 4.78 is 14.7. The van der Waals surface area contributed by atoms with Gasteiger partial charge in [-0.25, -0.2) is 9.59 Å². The molecule has 0 aliphatic rings. The third-order valence-corrected chi connectivity index (χ3v) is 3.08. The number of esters is 2. The van der Waals surface area contributed by atoms with Crippen LogP contribution in [0.3, 0.4) is 0 Å². The number of hydrogen-bond donors (Lipinski definition) is 2. The van der Waals surface area contributed by atoms with Crippen LogP contribution >= 0.6 is 0 Å². The molecular weight excluding hydrogens is 308 g/mol. The van der Waals surface area contributed by atoms with Crippen molar-refractivity contribution in [1.29, 1.82) is 0 Å². The van der Waals surface area contributed by atoms with Crippen molar-refractivity contribution in [3.05, 3.63) is 21.7 Å². The second kappa shape index (κ2) is 7.61. The van der Waals surface area contributed by atoms with Gasteiger partial charge in [-0.1, -0.05) is 0 Å². The van der Waals surface area contributed by atoms with Crippen LogP contribution in [-0.2, 0) is 30.3 Å². The van der Waals surface area contributed by atoms with Crippen LogP contribution in [0.2, 0.25) is 0 Å². The number of rotatable bonds is 7. The first kappa shape index (κ1) is 18.5. The van der Waals surface area contributed by atoms with Crippen molar-refractivity contribution in [2.75, 3.05) is 13.2 Å². The molecule has 1 amide bonds. The fourth-order valence-corrected chi connectivity index (χ4v) is 2.06. The van der Waals surface area contributed by atoms with Gasteiger partial charge in [-0.05, 0) is 20.8 Å². The zero-order chi connectivity index (χ0) is 17.6. The van der Waals surface area contributed by atoms with Crippen molar-refractivity contribution in [1.82, 2.24) is 10.5 Å².